The summed E-state index contributed by atoms with van der Waals surface area (Å²) in [4.78, 5) is 50.4. The highest BCUT2D eigenvalue weighted by Crippen LogP contribution is 2.24. The number of nitrogens with zero attached hydrogens (tertiary/aromatic N) is 4. The Kier molecular flexibility index (Phi) is 7.56. The predicted molar refractivity (Wildman–Crippen MR) is 102 cm³/mol. The lowest BCUT2D eigenvalue weighted by molar-refractivity contribution is -0.394. The third-order valence-corrected chi connectivity index (χ3v) is 4.16. The molecule has 1 aromatic heterocycles. The van der Waals surface area contributed by atoms with Crippen LogP contribution >= 0.6 is 0 Å². The van der Waals surface area contributed by atoms with E-state index in [9.17, 15) is 29.8 Å². The Morgan fingerprint density at radius 2 is 1.77 bits per heavy atom. The molecule has 0 saturated carbocycles. The summed E-state index contributed by atoms with van der Waals surface area (Å²) in [7, 11) is 1.19. The van der Waals surface area contributed by atoms with Gasteiger partial charge in [0.25, 0.3) is 17.3 Å². The fraction of sp³-hybridized carbons (Fsp3) is 0.389. The van der Waals surface area contributed by atoms with E-state index in [2.05, 4.69) is 9.72 Å². The second-order valence-electron chi connectivity index (χ2n) is 6.30. The molecule has 0 N–H and O–H groups in total. The van der Waals surface area contributed by atoms with Crippen LogP contribution in [0.1, 0.15) is 52.9 Å². The molecule has 0 aliphatic carbocycles. The Bertz CT molecular complexity index is 923. The standard InChI is InChI=1S/C18H20N4O8/c1-3-4-5-6-20(10-16-19-15(11-30-16)18(24)29-2)17(23)12-7-13(21(25)26)9-14(8-12)22(27)28/h7-9,11H,3-6,10H2,1-2H3. The zero-order chi connectivity index (χ0) is 22.3. The number of rotatable bonds is 10. The molecule has 0 radical (unpaired) electrons. The van der Waals surface area contributed by atoms with E-state index in [-0.39, 0.29) is 30.2 Å². The molecule has 0 spiro atoms. The van der Waals surface area contributed by atoms with E-state index in [1.165, 1.54) is 12.0 Å². The van der Waals surface area contributed by atoms with E-state index in [4.69, 9.17) is 4.42 Å². The predicted octanol–water partition coefficient (Wildman–Crippen LogP) is 3.11. The van der Waals surface area contributed by atoms with Gasteiger partial charge in [-0.2, -0.15) is 0 Å². The molecule has 0 atom stereocenters. The first-order valence-corrected chi connectivity index (χ1v) is 9.02. The fourth-order valence-electron chi connectivity index (χ4n) is 2.66. The highest BCUT2D eigenvalue weighted by molar-refractivity contribution is 5.95. The molecule has 1 heterocycles. The molecule has 160 valence electrons. The van der Waals surface area contributed by atoms with E-state index in [1.54, 1.807) is 0 Å². The number of unbranched alkanes of at least 4 members (excludes halogenated alkanes) is 2. The van der Waals surface area contributed by atoms with Crippen molar-refractivity contribution in [3.05, 3.63) is 61.8 Å². The van der Waals surface area contributed by atoms with Gasteiger partial charge in [0.05, 0.1) is 35.1 Å². The normalized spacial score (nSPS) is 10.5. The van der Waals surface area contributed by atoms with E-state index in [0.717, 1.165) is 37.3 Å². The Morgan fingerprint density at radius 3 is 2.30 bits per heavy atom. The van der Waals surface area contributed by atoms with Crippen LogP contribution in [0.15, 0.2) is 28.9 Å². The van der Waals surface area contributed by atoms with Crippen molar-refractivity contribution in [1.82, 2.24) is 9.88 Å². The van der Waals surface area contributed by atoms with Crippen LogP contribution in [0.3, 0.4) is 0 Å². The minimum absolute atomic E-state index is 0.0557. The highest BCUT2D eigenvalue weighted by atomic mass is 16.6. The number of carbonyl (C=O) groups is 2. The maximum absolute atomic E-state index is 13.0. The average Bonchev–Trinajstić information content (AvgIpc) is 3.20. The number of benzene rings is 1. The van der Waals surface area contributed by atoms with E-state index in [0.29, 0.717) is 6.42 Å². The highest BCUT2D eigenvalue weighted by Gasteiger charge is 2.25. The maximum Gasteiger partial charge on any atom is 0.360 e. The lowest BCUT2D eigenvalue weighted by atomic mass is 10.1. The summed E-state index contributed by atoms with van der Waals surface area (Å²) in [5, 5.41) is 22.2. The number of amides is 1. The molecule has 0 saturated heterocycles. The molecule has 2 rings (SSSR count). The Morgan fingerprint density at radius 1 is 1.13 bits per heavy atom. The van der Waals surface area contributed by atoms with Gasteiger partial charge in [-0.1, -0.05) is 19.8 Å². The summed E-state index contributed by atoms with van der Waals surface area (Å²) in [5.74, 6) is -1.31. The first-order valence-electron chi connectivity index (χ1n) is 9.02. The Hall–Kier alpha value is -3.83. The third kappa shape index (κ3) is 5.59. The number of ether oxygens (including phenoxy) is 1. The largest absolute Gasteiger partial charge is 0.464 e. The summed E-state index contributed by atoms with van der Waals surface area (Å²) in [6.07, 6.45) is 3.42. The zero-order valence-corrected chi connectivity index (χ0v) is 16.4. The minimum atomic E-state index is -0.804. The first-order chi connectivity index (χ1) is 14.3. The molecule has 30 heavy (non-hydrogen) atoms. The monoisotopic (exact) mass is 420 g/mol. The summed E-state index contributed by atoms with van der Waals surface area (Å²) in [6, 6.07) is 2.75. The first kappa shape index (κ1) is 22.5. The van der Waals surface area contributed by atoms with Gasteiger partial charge < -0.3 is 14.1 Å². The number of nitro benzene ring substituents is 2. The number of nitro groups is 2. The molecule has 0 bridgehead atoms. The third-order valence-electron chi connectivity index (χ3n) is 4.16. The molecular weight excluding hydrogens is 400 g/mol. The van der Waals surface area contributed by atoms with Gasteiger partial charge in [-0.25, -0.2) is 9.78 Å². The Labute approximate surface area is 170 Å². The molecule has 0 aliphatic heterocycles. The number of oxazole rings is 1. The molecule has 1 amide bonds. The van der Waals surface area contributed by atoms with Crippen molar-refractivity contribution in [2.75, 3.05) is 13.7 Å². The van der Waals surface area contributed by atoms with Crippen LogP contribution < -0.4 is 0 Å². The maximum atomic E-state index is 13.0. The summed E-state index contributed by atoms with van der Waals surface area (Å²) < 4.78 is 9.76. The van der Waals surface area contributed by atoms with Crippen LogP contribution in [0.5, 0.6) is 0 Å². The number of hydrogen-bond donors (Lipinski definition) is 0. The smallest absolute Gasteiger partial charge is 0.360 e. The van der Waals surface area contributed by atoms with Crippen molar-refractivity contribution in [2.45, 2.75) is 32.7 Å². The molecule has 0 unspecified atom stereocenters. The van der Waals surface area contributed by atoms with Gasteiger partial charge in [0.2, 0.25) is 5.89 Å². The molecule has 0 aliphatic rings. The second-order valence-corrected chi connectivity index (χ2v) is 6.30. The lowest BCUT2D eigenvalue weighted by Gasteiger charge is -2.21. The molecule has 2 aromatic rings. The second kappa shape index (κ2) is 10.1. The van der Waals surface area contributed by atoms with Crippen molar-refractivity contribution in [2.24, 2.45) is 0 Å². The van der Waals surface area contributed by atoms with Crippen LogP contribution in [0.2, 0.25) is 0 Å². The van der Waals surface area contributed by atoms with Crippen molar-refractivity contribution in [3.63, 3.8) is 0 Å². The van der Waals surface area contributed by atoms with Crippen LogP contribution in [-0.4, -0.2) is 45.3 Å². The summed E-state index contributed by atoms with van der Waals surface area (Å²) in [6.45, 7) is 2.11. The fourth-order valence-corrected chi connectivity index (χ4v) is 2.66. The van der Waals surface area contributed by atoms with Gasteiger partial charge in [-0.3, -0.25) is 25.0 Å². The number of methoxy groups -OCH3 is 1. The molecule has 12 nitrogen and oxygen atoms in total. The van der Waals surface area contributed by atoms with Gasteiger partial charge in [-0.05, 0) is 6.42 Å². The topological polar surface area (TPSA) is 159 Å². The summed E-state index contributed by atoms with van der Waals surface area (Å²) in [5.41, 5.74) is -1.40. The molecular formula is C18H20N4O8. The number of esters is 1. The Balaban J connectivity index is 2.35. The number of carbonyl (C=O) groups excluding carboxylic acids is 2. The molecule has 0 fully saturated rings. The molecule has 12 heteroatoms. The van der Waals surface area contributed by atoms with Crippen molar-refractivity contribution >= 4 is 23.3 Å². The van der Waals surface area contributed by atoms with Crippen molar-refractivity contribution in [1.29, 1.82) is 0 Å². The van der Waals surface area contributed by atoms with Crippen LogP contribution in [0.25, 0.3) is 0 Å². The summed E-state index contributed by atoms with van der Waals surface area (Å²) >= 11 is 0. The van der Waals surface area contributed by atoms with Gasteiger partial charge >= 0.3 is 5.97 Å². The van der Waals surface area contributed by atoms with Gasteiger partial charge in [0.15, 0.2) is 5.69 Å². The number of hydrogen-bond acceptors (Lipinski definition) is 9. The minimum Gasteiger partial charge on any atom is -0.464 e. The number of aromatic nitrogens is 1. The quantitative estimate of drug-likeness (QED) is 0.243. The zero-order valence-electron chi connectivity index (χ0n) is 16.4. The average molecular weight is 420 g/mol. The van der Waals surface area contributed by atoms with Gasteiger partial charge in [0, 0.05) is 18.7 Å². The lowest BCUT2D eigenvalue weighted by Crippen LogP contribution is -2.32. The van der Waals surface area contributed by atoms with Crippen molar-refractivity contribution < 1.29 is 28.6 Å². The van der Waals surface area contributed by atoms with E-state index >= 15 is 0 Å². The van der Waals surface area contributed by atoms with Gasteiger partial charge in [-0.15, -0.1) is 0 Å². The van der Waals surface area contributed by atoms with Crippen LogP contribution in [-0.2, 0) is 11.3 Å². The van der Waals surface area contributed by atoms with E-state index in [1.807, 2.05) is 6.92 Å². The van der Waals surface area contributed by atoms with Crippen LogP contribution in [0.4, 0.5) is 11.4 Å². The van der Waals surface area contributed by atoms with Crippen LogP contribution in [0, 0.1) is 20.2 Å². The van der Waals surface area contributed by atoms with E-state index < -0.39 is 33.1 Å². The van der Waals surface area contributed by atoms with Gasteiger partial charge in [0.1, 0.15) is 6.26 Å². The number of non-ortho nitro benzene ring substituents is 2. The molecule has 1 aromatic carbocycles. The van der Waals surface area contributed by atoms with Crippen molar-refractivity contribution in [3.8, 4) is 0 Å². The SMILES string of the molecule is CCCCCN(Cc1nc(C(=O)OC)co1)C(=O)c1cc([N+](=O)[O-])cc([N+](=O)[O-])c1.